The number of hydrogen-bond acceptors (Lipinski definition) is 4. The van der Waals surface area contributed by atoms with Gasteiger partial charge in [-0.15, -0.1) is 0 Å². The van der Waals surface area contributed by atoms with Crippen LogP contribution in [0.25, 0.3) is 0 Å². The molecule has 4 nitrogen and oxygen atoms in total. The number of anilines is 1. The molecule has 0 aliphatic carbocycles. The van der Waals surface area contributed by atoms with E-state index in [-0.39, 0.29) is 6.10 Å². The molecule has 82 valence electrons. The van der Waals surface area contributed by atoms with Gasteiger partial charge in [0.2, 0.25) is 0 Å². The Kier molecular flexibility index (Phi) is 3.06. The van der Waals surface area contributed by atoms with Crippen LogP contribution in [-0.4, -0.2) is 38.3 Å². The minimum atomic E-state index is 0.285. The molecular weight excluding hydrogens is 190 g/mol. The summed E-state index contributed by atoms with van der Waals surface area (Å²) in [6.07, 6.45) is 3.14. The van der Waals surface area contributed by atoms with Crippen LogP contribution in [0.2, 0.25) is 0 Å². The standard InChI is InChI=1S/C11H17N3O/c1-14(2)11-10(4-3-6-13-11)15-9-5-7-12-8-9/h3-4,6,9,12H,5,7-8H2,1-2H3/t9-/m0/s1. The van der Waals surface area contributed by atoms with Crippen molar-refractivity contribution in [2.75, 3.05) is 32.1 Å². The minimum absolute atomic E-state index is 0.285. The third-order valence-electron chi connectivity index (χ3n) is 2.48. The molecule has 1 fully saturated rings. The molecule has 1 aromatic rings. The van der Waals surface area contributed by atoms with E-state index in [1.54, 1.807) is 6.20 Å². The monoisotopic (exact) mass is 207 g/mol. The van der Waals surface area contributed by atoms with Gasteiger partial charge in [-0.2, -0.15) is 0 Å². The van der Waals surface area contributed by atoms with E-state index < -0.39 is 0 Å². The second kappa shape index (κ2) is 4.49. The molecule has 0 bridgehead atoms. The summed E-state index contributed by atoms with van der Waals surface area (Å²) in [6.45, 7) is 1.98. The van der Waals surface area contributed by atoms with Crippen LogP contribution in [0.4, 0.5) is 5.82 Å². The van der Waals surface area contributed by atoms with Crippen LogP contribution in [-0.2, 0) is 0 Å². The highest BCUT2D eigenvalue weighted by molar-refractivity contribution is 5.50. The van der Waals surface area contributed by atoms with Crippen molar-refractivity contribution < 1.29 is 4.74 Å². The van der Waals surface area contributed by atoms with Crippen molar-refractivity contribution in [3.05, 3.63) is 18.3 Å². The second-order valence-corrected chi connectivity index (χ2v) is 3.95. The zero-order valence-corrected chi connectivity index (χ0v) is 9.23. The largest absolute Gasteiger partial charge is 0.485 e. The van der Waals surface area contributed by atoms with Gasteiger partial charge in [-0.05, 0) is 25.1 Å². The summed E-state index contributed by atoms with van der Waals surface area (Å²) in [5.74, 6) is 1.76. The Morgan fingerprint density at radius 2 is 2.40 bits per heavy atom. The molecule has 1 aliphatic heterocycles. The molecule has 2 rings (SSSR count). The summed E-state index contributed by atoms with van der Waals surface area (Å²) in [6, 6.07) is 3.88. The molecule has 15 heavy (non-hydrogen) atoms. The molecule has 1 N–H and O–H groups in total. The summed E-state index contributed by atoms with van der Waals surface area (Å²) >= 11 is 0. The van der Waals surface area contributed by atoms with E-state index in [0.29, 0.717) is 0 Å². The lowest BCUT2D eigenvalue weighted by Gasteiger charge is -2.18. The van der Waals surface area contributed by atoms with Gasteiger partial charge in [-0.3, -0.25) is 0 Å². The van der Waals surface area contributed by atoms with Crippen molar-refractivity contribution >= 4 is 5.82 Å². The van der Waals surface area contributed by atoms with Crippen molar-refractivity contribution in [2.24, 2.45) is 0 Å². The average Bonchev–Trinajstić information content (AvgIpc) is 2.71. The Hall–Kier alpha value is -1.29. The first kappa shape index (κ1) is 10.2. The van der Waals surface area contributed by atoms with Crippen LogP contribution in [0, 0.1) is 0 Å². The van der Waals surface area contributed by atoms with Crippen LogP contribution < -0.4 is 15.0 Å². The van der Waals surface area contributed by atoms with Crippen LogP contribution in [0.15, 0.2) is 18.3 Å². The molecule has 1 saturated heterocycles. The lowest BCUT2D eigenvalue weighted by Crippen LogP contribution is -2.21. The average molecular weight is 207 g/mol. The molecule has 0 saturated carbocycles. The summed E-state index contributed by atoms with van der Waals surface area (Å²) in [7, 11) is 3.95. The predicted octanol–water partition coefficient (Wildman–Crippen LogP) is 0.888. The SMILES string of the molecule is CN(C)c1ncccc1O[C@H]1CCNC1. The third-order valence-corrected chi connectivity index (χ3v) is 2.48. The van der Waals surface area contributed by atoms with Crippen molar-refractivity contribution in [1.29, 1.82) is 0 Å². The Morgan fingerprint density at radius 3 is 3.07 bits per heavy atom. The summed E-state index contributed by atoms with van der Waals surface area (Å²) < 4.78 is 5.90. The second-order valence-electron chi connectivity index (χ2n) is 3.95. The highest BCUT2D eigenvalue weighted by atomic mass is 16.5. The third kappa shape index (κ3) is 2.39. The fourth-order valence-electron chi connectivity index (χ4n) is 1.72. The van der Waals surface area contributed by atoms with Gasteiger partial charge in [0.05, 0.1) is 0 Å². The van der Waals surface area contributed by atoms with Crippen LogP contribution in [0.5, 0.6) is 5.75 Å². The fourth-order valence-corrected chi connectivity index (χ4v) is 1.72. The molecule has 1 atom stereocenters. The molecule has 0 unspecified atom stereocenters. The van der Waals surface area contributed by atoms with Gasteiger partial charge in [-0.1, -0.05) is 0 Å². The van der Waals surface area contributed by atoms with Gasteiger partial charge < -0.3 is 15.0 Å². The lowest BCUT2D eigenvalue weighted by molar-refractivity contribution is 0.223. The van der Waals surface area contributed by atoms with E-state index >= 15 is 0 Å². The van der Waals surface area contributed by atoms with Gasteiger partial charge in [0.1, 0.15) is 6.10 Å². The molecule has 0 amide bonds. The topological polar surface area (TPSA) is 37.4 Å². The van der Waals surface area contributed by atoms with E-state index in [2.05, 4.69) is 10.3 Å². The molecule has 4 heteroatoms. The Labute approximate surface area is 90.3 Å². The maximum atomic E-state index is 5.90. The molecule has 2 heterocycles. The number of nitrogens with zero attached hydrogens (tertiary/aromatic N) is 2. The van der Waals surface area contributed by atoms with Gasteiger partial charge in [0, 0.05) is 26.8 Å². The predicted molar refractivity (Wildman–Crippen MR) is 60.5 cm³/mol. The van der Waals surface area contributed by atoms with Crippen LogP contribution in [0.3, 0.4) is 0 Å². The number of aromatic nitrogens is 1. The lowest BCUT2D eigenvalue weighted by atomic mass is 10.3. The van der Waals surface area contributed by atoms with Crippen molar-refractivity contribution in [2.45, 2.75) is 12.5 Å². The molecular formula is C11H17N3O. The summed E-state index contributed by atoms with van der Waals surface area (Å²) in [5.41, 5.74) is 0. The quantitative estimate of drug-likeness (QED) is 0.798. The maximum absolute atomic E-state index is 5.90. The van der Waals surface area contributed by atoms with Gasteiger partial charge in [0.25, 0.3) is 0 Å². The Morgan fingerprint density at radius 1 is 1.53 bits per heavy atom. The number of ether oxygens (including phenoxy) is 1. The highest BCUT2D eigenvalue weighted by Gasteiger charge is 2.18. The summed E-state index contributed by atoms with van der Waals surface area (Å²) in [4.78, 5) is 6.27. The Balaban J connectivity index is 2.12. The fraction of sp³-hybridized carbons (Fsp3) is 0.545. The zero-order chi connectivity index (χ0) is 10.7. The van der Waals surface area contributed by atoms with Crippen molar-refractivity contribution in [3.63, 3.8) is 0 Å². The molecule has 0 spiro atoms. The van der Waals surface area contributed by atoms with Crippen LogP contribution in [0.1, 0.15) is 6.42 Å². The number of rotatable bonds is 3. The molecule has 1 aliphatic rings. The van der Waals surface area contributed by atoms with Gasteiger partial charge >= 0.3 is 0 Å². The zero-order valence-electron chi connectivity index (χ0n) is 9.23. The van der Waals surface area contributed by atoms with E-state index in [9.17, 15) is 0 Å². The Bertz CT molecular complexity index is 321. The smallest absolute Gasteiger partial charge is 0.170 e. The van der Waals surface area contributed by atoms with E-state index in [4.69, 9.17) is 4.74 Å². The van der Waals surface area contributed by atoms with Gasteiger partial charge in [-0.25, -0.2) is 4.98 Å². The molecule has 1 aromatic heterocycles. The van der Waals surface area contributed by atoms with Crippen molar-refractivity contribution in [1.82, 2.24) is 10.3 Å². The minimum Gasteiger partial charge on any atom is -0.485 e. The number of pyridine rings is 1. The maximum Gasteiger partial charge on any atom is 0.170 e. The van der Waals surface area contributed by atoms with Gasteiger partial charge in [0.15, 0.2) is 11.6 Å². The van der Waals surface area contributed by atoms with E-state index in [1.165, 1.54) is 0 Å². The number of nitrogens with one attached hydrogen (secondary N) is 1. The first-order valence-corrected chi connectivity index (χ1v) is 5.27. The number of hydrogen-bond donors (Lipinski definition) is 1. The van der Waals surface area contributed by atoms with E-state index in [0.717, 1.165) is 31.1 Å². The van der Waals surface area contributed by atoms with Crippen molar-refractivity contribution in [3.8, 4) is 5.75 Å². The normalized spacial score (nSPS) is 20.3. The first-order chi connectivity index (χ1) is 7.27. The highest BCUT2D eigenvalue weighted by Crippen LogP contribution is 2.25. The van der Waals surface area contributed by atoms with Crippen LogP contribution >= 0.6 is 0 Å². The van der Waals surface area contributed by atoms with E-state index in [1.807, 2.05) is 31.1 Å². The molecule has 0 radical (unpaired) electrons. The molecule has 0 aromatic carbocycles. The first-order valence-electron chi connectivity index (χ1n) is 5.27. The summed E-state index contributed by atoms with van der Waals surface area (Å²) in [5, 5.41) is 3.28.